The van der Waals surface area contributed by atoms with Crippen molar-refractivity contribution in [1.82, 2.24) is 5.32 Å². The van der Waals surface area contributed by atoms with Crippen LogP contribution in [0, 0.1) is 5.92 Å². The van der Waals surface area contributed by atoms with Gasteiger partial charge in [-0.05, 0) is 37.0 Å². The van der Waals surface area contributed by atoms with Crippen molar-refractivity contribution < 1.29 is 32.3 Å². The largest absolute Gasteiger partial charge is 0.467 e. The van der Waals surface area contributed by atoms with Crippen molar-refractivity contribution in [3.63, 3.8) is 0 Å². The van der Waals surface area contributed by atoms with E-state index in [1.807, 2.05) is 13.8 Å². The van der Waals surface area contributed by atoms with Crippen LogP contribution in [0.15, 0.2) is 24.3 Å². The molecule has 1 N–H and O–H groups in total. The molecular formula is C19H26N2O7S. The number of nitrogens with one attached hydrogen (secondary N) is 1. The van der Waals surface area contributed by atoms with Crippen molar-refractivity contribution in [2.45, 2.75) is 32.7 Å². The van der Waals surface area contributed by atoms with E-state index in [4.69, 9.17) is 4.74 Å². The third-order valence-corrected chi connectivity index (χ3v) is 6.20. The lowest BCUT2D eigenvalue weighted by Gasteiger charge is -2.18. The van der Waals surface area contributed by atoms with Gasteiger partial charge in [0.05, 0.1) is 24.1 Å². The molecule has 10 heteroatoms. The summed E-state index contributed by atoms with van der Waals surface area (Å²) in [6.45, 7) is 3.58. The molecule has 1 aromatic carbocycles. The van der Waals surface area contributed by atoms with E-state index in [0.717, 1.165) is 0 Å². The molecule has 29 heavy (non-hydrogen) atoms. The quantitative estimate of drug-likeness (QED) is 0.618. The van der Waals surface area contributed by atoms with Gasteiger partial charge < -0.3 is 14.8 Å². The van der Waals surface area contributed by atoms with Gasteiger partial charge in [0.2, 0.25) is 10.0 Å². The lowest BCUT2D eigenvalue weighted by Crippen LogP contribution is -2.44. The Kier molecular flexibility index (Phi) is 7.60. The summed E-state index contributed by atoms with van der Waals surface area (Å²) in [7, 11) is -2.14. The maximum Gasteiger partial charge on any atom is 0.338 e. The molecule has 1 aliphatic rings. The number of ether oxygens (including phenoxy) is 2. The van der Waals surface area contributed by atoms with Crippen LogP contribution in [0.5, 0.6) is 0 Å². The van der Waals surface area contributed by atoms with Gasteiger partial charge in [0.15, 0.2) is 6.61 Å². The molecule has 1 saturated heterocycles. The zero-order valence-corrected chi connectivity index (χ0v) is 17.5. The topological polar surface area (TPSA) is 119 Å². The van der Waals surface area contributed by atoms with Gasteiger partial charge in [0.1, 0.15) is 6.04 Å². The third kappa shape index (κ3) is 6.18. The first kappa shape index (κ1) is 22.7. The molecule has 1 aliphatic heterocycles. The molecule has 0 radical (unpaired) electrons. The number of anilines is 1. The molecule has 0 aliphatic carbocycles. The minimum atomic E-state index is -3.37. The fourth-order valence-corrected chi connectivity index (χ4v) is 4.55. The molecule has 9 nitrogen and oxygen atoms in total. The summed E-state index contributed by atoms with van der Waals surface area (Å²) in [6, 6.07) is 5.21. The Morgan fingerprint density at radius 2 is 1.97 bits per heavy atom. The van der Waals surface area contributed by atoms with Gasteiger partial charge in [-0.25, -0.2) is 18.0 Å². The van der Waals surface area contributed by atoms with Gasteiger partial charge >= 0.3 is 11.9 Å². The second-order valence-corrected chi connectivity index (χ2v) is 9.15. The van der Waals surface area contributed by atoms with Crippen LogP contribution in [0.4, 0.5) is 5.69 Å². The molecule has 0 saturated carbocycles. The van der Waals surface area contributed by atoms with E-state index in [1.165, 1.54) is 23.5 Å². The number of rotatable bonds is 8. The van der Waals surface area contributed by atoms with E-state index in [0.29, 0.717) is 25.1 Å². The Balaban J connectivity index is 1.97. The SMILES string of the molecule is COC(=O)C(CC(C)C)NC(=O)COC(=O)c1cccc(N2CCCS2(=O)=O)c1. The van der Waals surface area contributed by atoms with Crippen LogP contribution in [-0.4, -0.2) is 58.3 Å². The number of carbonyl (C=O) groups excluding carboxylic acids is 3. The highest BCUT2D eigenvalue weighted by Gasteiger charge is 2.29. The Morgan fingerprint density at radius 3 is 2.55 bits per heavy atom. The van der Waals surface area contributed by atoms with Crippen LogP contribution in [0.1, 0.15) is 37.0 Å². The summed E-state index contributed by atoms with van der Waals surface area (Å²) in [5, 5.41) is 2.49. The number of methoxy groups -OCH3 is 1. The maximum absolute atomic E-state index is 12.3. The van der Waals surface area contributed by atoms with E-state index in [2.05, 4.69) is 10.1 Å². The van der Waals surface area contributed by atoms with Crippen LogP contribution >= 0.6 is 0 Å². The van der Waals surface area contributed by atoms with Crippen molar-refractivity contribution in [2.75, 3.05) is 30.3 Å². The van der Waals surface area contributed by atoms with Crippen LogP contribution < -0.4 is 9.62 Å². The molecule has 0 aromatic heterocycles. The summed E-state index contributed by atoms with van der Waals surface area (Å²) in [4.78, 5) is 36.1. The molecule has 2 rings (SSSR count). The number of sulfonamides is 1. The van der Waals surface area contributed by atoms with Gasteiger partial charge in [-0.1, -0.05) is 19.9 Å². The van der Waals surface area contributed by atoms with Crippen LogP contribution in [0.3, 0.4) is 0 Å². The first-order valence-electron chi connectivity index (χ1n) is 9.29. The maximum atomic E-state index is 12.3. The fourth-order valence-electron chi connectivity index (χ4n) is 3.00. The third-order valence-electron chi connectivity index (χ3n) is 4.33. The molecule has 1 fully saturated rings. The number of nitrogens with zero attached hydrogens (tertiary/aromatic N) is 1. The number of hydrogen-bond acceptors (Lipinski definition) is 7. The minimum Gasteiger partial charge on any atom is -0.467 e. The first-order chi connectivity index (χ1) is 13.6. The number of hydrogen-bond donors (Lipinski definition) is 1. The Labute approximate surface area is 170 Å². The molecular weight excluding hydrogens is 400 g/mol. The minimum absolute atomic E-state index is 0.0690. The van der Waals surface area contributed by atoms with Crippen molar-refractivity contribution in [2.24, 2.45) is 5.92 Å². The van der Waals surface area contributed by atoms with Crippen molar-refractivity contribution in [3.05, 3.63) is 29.8 Å². The van der Waals surface area contributed by atoms with Gasteiger partial charge in [0, 0.05) is 6.54 Å². The van der Waals surface area contributed by atoms with Crippen molar-refractivity contribution >= 4 is 33.6 Å². The fraction of sp³-hybridized carbons (Fsp3) is 0.526. The summed E-state index contributed by atoms with van der Waals surface area (Å²) >= 11 is 0. The molecule has 0 spiro atoms. The standard InChI is InChI=1S/C19H26N2O7S/c1-13(2)10-16(19(24)27-3)20-17(22)12-28-18(23)14-6-4-7-15(11-14)21-8-5-9-29(21,25)26/h4,6-7,11,13,16H,5,8-10,12H2,1-3H3,(H,20,22). The molecule has 1 amide bonds. The van der Waals surface area contributed by atoms with Gasteiger partial charge in [-0.15, -0.1) is 0 Å². The highest BCUT2D eigenvalue weighted by Crippen LogP contribution is 2.25. The predicted octanol–water partition coefficient (Wildman–Crippen LogP) is 1.09. The number of esters is 2. The van der Waals surface area contributed by atoms with Crippen LogP contribution in [-0.2, 0) is 29.1 Å². The molecule has 160 valence electrons. The van der Waals surface area contributed by atoms with E-state index in [-0.39, 0.29) is 17.2 Å². The summed E-state index contributed by atoms with van der Waals surface area (Å²) in [5.41, 5.74) is 0.508. The lowest BCUT2D eigenvalue weighted by atomic mass is 10.0. The Bertz CT molecular complexity index is 867. The molecule has 1 atom stereocenters. The normalized spacial score (nSPS) is 16.3. The second-order valence-electron chi connectivity index (χ2n) is 7.14. The average Bonchev–Trinajstić information content (AvgIpc) is 3.03. The number of carbonyl (C=O) groups is 3. The van der Waals surface area contributed by atoms with E-state index in [9.17, 15) is 22.8 Å². The second kappa shape index (κ2) is 9.73. The summed E-state index contributed by atoms with van der Waals surface area (Å²) in [5.74, 6) is -1.76. The average molecular weight is 426 g/mol. The Hall–Kier alpha value is -2.62. The van der Waals surface area contributed by atoms with Crippen LogP contribution in [0.25, 0.3) is 0 Å². The zero-order valence-electron chi connectivity index (χ0n) is 16.7. The summed E-state index contributed by atoms with van der Waals surface area (Å²) in [6.07, 6.45) is 0.910. The molecule has 1 aromatic rings. The van der Waals surface area contributed by atoms with Gasteiger partial charge in [0.25, 0.3) is 5.91 Å². The van der Waals surface area contributed by atoms with Crippen molar-refractivity contribution in [3.8, 4) is 0 Å². The molecule has 0 bridgehead atoms. The monoisotopic (exact) mass is 426 g/mol. The zero-order chi connectivity index (χ0) is 21.6. The van der Waals surface area contributed by atoms with Crippen molar-refractivity contribution in [1.29, 1.82) is 0 Å². The summed E-state index contributed by atoms with van der Waals surface area (Å²) < 4.78 is 35.0. The first-order valence-corrected chi connectivity index (χ1v) is 10.9. The van der Waals surface area contributed by atoms with Gasteiger partial charge in [-0.2, -0.15) is 0 Å². The number of benzene rings is 1. The Morgan fingerprint density at radius 1 is 1.24 bits per heavy atom. The molecule has 1 heterocycles. The van der Waals surface area contributed by atoms with Crippen LogP contribution in [0.2, 0.25) is 0 Å². The predicted molar refractivity (Wildman–Crippen MR) is 106 cm³/mol. The smallest absolute Gasteiger partial charge is 0.338 e. The highest BCUT2D eigenvalue weighted by atomic mass is 32.2. The van der Waals surface area contributed by atoms with E-state index in [1.54, 1.807) is 12.1 Å². The van der Waals surface area contributed by atoms with Gasteiger partial charge in [-0.3, -0.25) is 9.10 Å². The van der Waals surface area contributed by atoms with E-state index >= 15 is 0 Å². The highest BCUT2D eigenvalue weighted by molar-refractivity contribution is 7.93. The molecule has 1 unspecified atom stereocenters. The van der Waals surface area contributed by atoms with E-state index < -0.39 is 40.5 Å². The lowest BCUT2D eigenvalue weighted by molar-refractivity contribution is -0.145. The number of amides is 1.